The SMILES string of the molecule is COC(=O)Cc1cc(=O)n(-c2ccccc2OC)[nH]1. The Hall–Kier alpha value is -2.50. The lowest BCUT2D eigenvalue weighted by atomic mass is 10.3. The van der Waals surface area contributed by atoms with Crippen LogP contribution in [0.5, 0.6) is 5.75 Å². The molecule has 0 fully saturated rings. The van der Waals surface area contributed by atoms with Gasteiger partial charge in [0.05, 0.1) is 20.6 Å². The molecule has 0 radical (unpaired) electrons. The molecule has 1 aromatic carbocycles. The molecule has 0 unspecified atom stereocenters. The number of aromatic amines is 1. The molecular formula is C13H14N2O4. The number of ether oxygens (including phenoxy) is 2. The smallest absolute Gasteiger partial charge is 0.311 e. The number of carbonyl (C=O) groups excluding carboxylic acids is 1. The Labute approximate surface area is 109 Å². The number of carbonyl (C=O) groups is 1. The van der Waals surface area contributed by atoms with Gasteiger partial charge in [0.25, 0.3) is 5.56 Å². The first kappa shape index (κ1) is 12.9. The van der Waals surface area contributed by atoms with Gasteiger partial charge in [0.15, 0.2) is 0 Å². The van der Waals surface area contributed by atoms with Crippen molar-refractivity contribution in [2.45, 2.75) is 6.42 Å². The molecule has 100 valence electrons. The van der Waals surface area contributed by atoms with Gasteiger partial charge in [-0.15, -0.1) is 0 Å². The van der Waals surface area contributed by atoms with E-state index in [1.54, 1.807) is 18.2 Å². The first-order valence-electron chi connectivity index (χ1n) is 5.67. The quantitative estimate of drug-likeness (QED) is 0.830. The molecule has 1 heterocycles. The molecule has 0 bridgehead atoms. The van der Waals surface area contributed by atoms with E-state index in [4.69, 9.17) is 4.74 Å². The third-order valence-electron chi connectivity index (χ3n) is 2.66. The fraction of sp³-hybridized carbons (Fsp3) is 0.231. The van der Waals surface area contributed by atoms with Gasteiger partial charge >= 0.3 is 5.97 Å². The van der Waals surface area contributed by atoms with Crippen LogP contribution < -0.4 is 10.3 Å². The number of aromatic nitrogens is 2. The third kappa shape index (κ3) is 2.67. The van der Waals surface area contributed by atoms with E-state index in [0.717, 1.165) is 0 Å². The number of para-hydroxylation sites is 2. The number of benzene rings is 1. The second-order valence-electron chi connectivity index (χ2n) is 3.88. The molecule has 2 rings (SSSR count). The summed E-state index contributed by atoms with van der Waals surface area (Å²) in [5.74, 6) is 0.157. The van der Waals surface area contributed by atoms with Crippen LogP contribution in [-0.2, 0) is 16.0 Å². The van der Waals surface area contributed by atoms with E-state index in [0.29, 0.717) is 17.1 Å². The normalized spacial score (nSPS) is 10.2. The van der Waals surface area contributed by atoms with Crippen molar-refractivity contribution in [2.75, 3.05) is 14.2 Å². The largest absolute Gasteiger partial charge is 0.494 e. The summed E-state index contributed by atoms with van der Waals surface area (Å²) in [5, 5.41) is 2.86. The molecule has 6 heteroatoms. The summed E-state index contributed by atoms with van der Waals surface area (Å²) in [5.41, 5.74) is 0.817. The third-order valence-corrected chi connectivity index (χ3v) is 2.66. The van der Waals surface area contributed by atoms with E-state index < -0.39 is 5.97 Å². The molecule has 0 saturated heterocycles. The van der Waals surface area contributed by atoms with E-state index in [-0.39, 0.29) is 12.0 Å². The van der Waals surface area contributed by atoms with E-state index in [2.05, 4.69) is 9.84 Å². The Balaban J connectivity index is 2.40. The van der Waals surface area contributed by atoms with Gasteiger partial charge < -0.3 is 9.47 Å². The predicted octanol–water partition coefficient (Wildman–Crippen LogP) is 0.890. The molecule has 0 saturated carbocycles. The van der Waals surface area contributed by atoms with Crippen LogP contribution in [0, 0.1) is 0 Å². The van der Waals surface area contributed by atoms with E-state index in [1.165, 1.54) is 25.0 Å². The van der Waals surface area contributed by atoms with Gasteiger partial charge in [0, 0.05) is 11.8 Å². The fourth-order valence-electron chi connectivity index (χ4n) is 1.76. The van der Waals surface area contributed by atoms with Crippen molar-refractivity contribution in [3.05, 3.63) is 46.4 Å². The van der Waals surface area contributed by atoms with Crippen molar-refractivity contribution in [1.29, 1.82) is 0 Å². The summed E-state index contributed by atoms with van der Waals surface area (Å²) >= 11 is 0. The minimum absolute atomic E-state index is 0.0217. The summed E-state index contributed by atoms with van der Waals surface area (Å²) in [7, 11) is 2.83. The Bertz CT molecular complexity index is 642. The van der Waals surface area contributed by atoms with Crippen molar-refractivity contribution in [3.63, 3.8) is 0 Å². The molecule has 6 nitrogen and oxygen atoms in total. The minimum Gasteiger partial charge on any atom is -0.494 e. The van der Waals surface area contributed by atoms with Gasteiger partial charge in [-0.25, -0.2) is 4.68 Å². The van der Waals surface area contributed by atoms with E-state index in [1.807, 2.05) is 6.07 Å². The number of rotatable bonds is 4. The number of hydrogen-bond acceptors (Lipinski definition) is 4. The Morgan fingerprint density at radius 2 is 2.05 bits per heavy atom. The molecule has 19 heavy (non-hydrogen) atoms. The van der Waals surface area contributed by atoms with Crippen molar-refractivity contribution in [3.8, 4) is 11.4 Å². The summed E-state index contributed by atoms with van der Waals surface area (Å²) in [6.45, 7) is 0. The standard InChI is InChI=1S/C13H14N2O4/c1-18-11-6-4-3-5-10(11)15-12(16)7-9(14-15)8-13(17)19-2/h3-7,14H,8H2,1-2H3. The topological polar surface area (TPSA) is 73.3 Å². The van der Waals surface area contributed by atoms with Crippen LogP contribution in [0.3, 0.4) is 0 Å². The number of methoxy groups -OCH3 is 2. The highest BCUT2D eigenvalue weighted by Crippen LogP contribution is 2.19. The minimum atomic E-state index is -0.409. The van der Waals surface area contributed by atoms with Crippen LogP contribution in [-0.4, -0.2) is 30.0 Å². The zero-order valence-corrected chi connectivity index (χ0v) is 10.7. The predicted molar refractivity (Wildman–Crippen MR) is 68.7 cm³/mol. The summed E-state index contributed by atoms with van der Waals surface area (Å²) in [6.07, 6.45) is 0.0217. The van der Waals surface area contributed by atoms with Crippen molar-refractivity contribution in [1.82, 2.24) is 9.78 Å². The lowest BCUT2D eigenvalue weighted by Gasteiger charge is -2.07. The van der Waals surface area contributed by atoms with Crippen molar-refractivity contribution < 1.29 is 14.3 Å². The number of H-pyrrole nitrogens is 1. The Morgan fingerprint density at radius 1 is 1.32 bits per heavy atom. The maximum Gasteiger partial charge on any atom is 0.311 e. The van der Waals surface area contributed by atoms with Crippen LogP contribution in [0.2, 0.25) is 0 Å². The van der Waals surface area contributed by atoms with Crippen molar-refractivity contribution in [2.24, 2.45) is 0 Å². The average Bonchev–Trinajstić information content (AvgIpc) is 2.79. The molecule has 0 aliphatic rings. The van der Waals surface area contributed by atoms with E-state index >= 15 is 0 Å². The summed E-state index contributed by atoms with van der Waals surface area (Å²) in [4.78, 5) is 23.1. The molecule has 0 amide bonds. The number of nitrogens with one attached hydrogen (secondary N) is 1. The van der Waals surface area contributed by atoms with Gasteiger partial charge in [-0.1, -0.05) is 12.1 Å². The molecule has 2 aromatic rings. The van der Waals surface area contributed by atoms with Gasteiger partial charge in [0.2, 0.25) is 0 Å². The number of nitrogens with zero attached hydrogens (tertiary/aromatic N) is 1. The van der Waals surface area contributed by atoms with Crippen LogP contribution in [0.1, 0.15) is 5.69 Å². The summed E-state index contributed by atoms with van der Waals surface area (Å²) < 4.78 is 11.1. The summed E-state index contributed by atoms with van der Waals surface area (Å²) in [6, 6.07) is 8.47. The first-order chi connectivity index (χ1) is 9.15. The zero-order chi connectivity index (χ0) is 13.8. The number of esters is 1. The van der Waals surface area contributed by atoms with Gasteiger partial charge in [-0.05, 0) is 12.1 Å². The van der Waals surface area contributed by atoms with Gasteiger partial charge in [-0.2, -0.15) is 0 Å². The molecule has 1 aromatic heterocycles. The second kappa shape index (κ2) is 5.43. The molecular weight excluding hydrogens is 248 g/mol. The maximum absolute atomic E-state index is 11.9. The van der Waals surface area contributed by atoms with Crippen molar-refractivity contribution >= 4 is 5.97 Å². The maximum atomic E-state index is 11.9. The zero-order valence-electron chi connectivity index (χ0n) is 10.7. The number of hydrogen-bond donors (Lipinski definition) is 1. The lowest BCUT2D eigenvalue weighted by molar-refractivity contribution is -0.139. The van der Waals surface area contributed by atoms with Crippen LogP contribution in [0.15, 0.2) is 35.1 Å². The van der Waals surface area contributed by atoms with Gasteiger partial charge in [0.1, 0.15) is 11.4 Å². The molecule has 0 atom stereocenters. The molecule has 0 aliphatic heterocycles. The lowest BCUT2D eigenvalue weighted by Crippen LogP contribution is -2.14. The van der Waals surface area contributed by atoms with Crippen LogP contribution in [0.4, 0.5) is 0 Å². The Morgan fingerprint density at radius 3 is 2.74 bits per heavy atom. The monoisotopic (exact) mass is 262 g/mol. The molecule has 0 spiro atoms. The molecule has 1 N–H and O–H groups in total. The van der Waals surface area contributed by atoms with E-state index in [9.17, 15) is 9.59 Å². The second-order valence-corrected chi connectivity index (χ2v) is 3.88. The Kier molecular flexibility index (Phi) is 3.70. The van der Waals surface area contributed by atoms with Gasteiger partial charge in [-0.3, -0.25) is 14.7 Å². The van der Waals surface area contributed by atoms with Crippen LogP contribution >= 0.6 is 0 Å². The highest BCUT2D eigenvalue weighted by molar-refractivity contribution is 5.71. The average molecular weight is 262 g/mol. The molecule has 0 aliphatic carbocycles. The first-order valence-corrected chi connectivity index (χ1v) is 5.67. The fourth-order valence-corrected chi connectivity index (χ4v) is 1.76. The highest BCUT2D eigenvalue weighted by atomic mass is 16.5. The highest BCUT2D eigenvalue weighted by Gasteiger charge is 2.11. The van der Waals surface area contributed by atoms with Crippen LogP contribution in [0.25, 0.3) is 5.69 Å².